The number of hydrogen-bond donors (Lipinski definition) is 2. The molecule has 4 heteroatoms. The van der Waals surface area contributed by atoms with Crippen molar-refractivity contribution in [1.29, 1.82) is 0 Å². The lowest BCUT2D eigenvalue weighted by atomic mass is 10.1. The Bertz CT molecular complexity index is 363. The van der Waals surface area contributed by atoms with Crippen molar-refractivity contribution in [2.75, 3.05) is 6.54 Å². The molecule has 1 rings (SSSR count). The Hall–Kier alpha value is -1.81. The number of rotatable bonds is 7. The summed E-state index contributed by atoms with van der Waals surface area (Å²) in [5, 5.41) is 10.3. The molecule has 0 heterocycles. The molecule has 3 N–H and O–H groups in total. The van der Waals surface area contributed by atoms with Gasteiger partial charge in [0.1, 0.15) is 0 Å². The number of amides is 1. The number of carbonyl (C=O) groups excluding carboxylic acids is 1. The number of nitrogens with zero attached hydrogens (tertiary/aromatic N) is 1. The van der Waals surface area contributed by atoms with E-state index in [0.717, 1.165) is 30.4 Å². The van der Waals surface area contributed by atoms with Gasteiger partial charge >= 0.3 is 0 Å². The molecule has 0 saturated carbocycles. The zero-order valence-corrected chi connectivity index (χ0v) is 9.75. The number of nitrogens with two attached hydrogens (primary N) is 1. The van der Waals surface area contributed by atoms with E-state index >= 15 is 0 Å². The van der Waals surface area contributed by atoms with E-state index in [1.54, 1.807) is 0 Å². The van der Waals surface area contributed by atoms with E-state index in [9.17, 15) is 10.0 Å². The molecule has 0 fully saturated rings. The third-order valence-corrected chi connectivity index (χ3v) is 2.36. The van der Waals surface area contributed by atoms with Crippen molar-refractivity contribution >= 4 is 5.91 Å². The molecule has 0 spiro atoms. The first-order valence-corrected chi connectivity index (χ1v) is 5.65. The molecule has 0 saturated heterocycles. The van der Waals surface area contributed by atoms with Crippen LogP contribution in [0.5, 0.6) is 0 Å². The van der Waals surface area contributed by atoms with Gasteiger partial charge < -0.3 is 5.73 Å². The van der Waals surface area contributed by atoms with Gasteiger partial charge in [0.25, 0.3) is 0 Å². The van der Waals surface area contributed by atoms with Gasteiger partial charge in [-0.2, -0.15) is 0 Å². The van der Waals surface area contributed by atoms with Crippen LogP contribution in [0.4, 0.5) is 0 Å². The van der Waals surface area contributed by atoms with Crippen molar-refractivity contribution in [1.82, 2.24) is 5.06 Å². The lowest BCUT2D eigenvalue weighted by molar-refractivity contribution is -0.114. The first-order valence-electron chi connectivity index (χ1n) is 5.65. The first-order chi connectivity index (χ1) is 8.18. The summed E-state index contributed by atoms with van der Waals surface area (Å²) in [4.78, 5) is 10.4. The van der Waals surface area contributed by atoms with Crippen LogP contribution in [0.15, 0.2) is 42.6 Å². The highest BCUT2D eigenvalue weighted by Crippen LogP contribution is 2.04. The van der Waals surface area contributed by atoms with Crippen molar-refractivity contribution in [3.8, 4) is 0 Å². The zero-order chi connectivity index (χ0) is 12.5. The number of aryl methyl sites for hydroxylation is 1. The maximum Gasteiger partial charge on any atom is 0.242 e. The van der Waals surface area contributed by atoms with E-state index in [0.29, 0.717) is 6.54 Å². The molecule has 0 atom stereocenters. The highest BCUT2D eigenvalue weighted by molar-refractivity contribution is 5.85. The first kappa shape index (κ1) is 13.3. The Morgan fingerprint density at radius 2 is 2.00 bits per heavy atom. The summed E-state index contributed by atoms with van der Waals surface area (Å²) in [6.07, 6.45) is 5.26. The summed E-state index contributed by atoms with van der Waals surface area (Å²) < 4.78 is 0. The minimum Gasteiger partial charge on any atom is -0.366 e. The summed E-state index contributed by atoms with van der Waals surface area (Å²) >= 11 is 0. The van der Waals surface area contributed by atoms with Crippen LogP contribution in [0.25, 0.3) is 0 Å². The molecule has 1 amide bonds. The summed E-state index contributed by atoms with van der Waals surface area (Å²) in [5.41, 5.74) is 6.20. The highest BCUT2D eigenvalue weighted by Gasteiger charge is 1.96. The predicted molar refractivity (Wildman–Crippen MR) is 66.2 cm³/mol. The molecule has 92 valence electrons. The second-order valence-electron chi connectivity index (χ2n) is 3.82. The number of primary amides is 1. The summed E-state index contributed by atoms with van der Waals surface area (Å²) in [6.45, 7) is 0.497. The van der Waals surface area contributed by atoms with E-state index in [2.05, 4.69) is 12.1 Å². The average molecular weight is 234 g/mol. The fraction of sp³-hybridized carbons (Fsp3) is 0.308. The number of unbranched alkanes of at least 4 members (excludes halogenated alkanes) is 1. The smallest absolute Gasteiger partial charge is 0.242 e. The fourth-order valence-electron chi connectivity index (χ4n) is 1.48. The molecule has 0 aliphatic carbocycles. The van der Waals surface area contributed by atoms with Gasteiger partial charge in [-0.3, -0.25) is 15.1 Å². The molecule has 0 radical (unpaired) electrons. The monoisotopic (exact) mass is 234 g/mol. The lowest BCUT2D eigenvalue weighted by Gasteiger charge is -2.10. The number of carbonyl (C=O) groups is 1. The van der Waals surface area contributed by atoms with Gasteiger partial charge in [-0.1, -0.05) is 30.3 Å². The Balaban J connectivity index is 2.14. The van der Waals surface area contributed by atoms with Crippen LogP contribution in [0.3, 0.4) is 0 Å². The molecule has 0 aliphatic heterocycles. The van der Waals surface area contributed by atoms with Crippen LogP contribution in [0.2, 0.25) is 0 Å². The second-order valence-corrected chi connectivity index (χ2v) is 3.82. The Morgan fingerprint density at radius 1 is 1.29 bits per heavy atom. The van der Waals surface area contributed by atoms with E-state index in [1.807, 2.05) is 18.2 Å². The number of hydroxylamine groups is 2. The maximum absolute atomic E-state index is 10.4. The van der Waals surface area contributed by atoms with Crippen LogP contribution in [-0.4, -0.2) is 22.7 Å². The second kappa shape index (κ2) is 7.46. The predicted octanol–water partition coefficient (Wildman–Crippen LogP) is 1.70. The van der Waals surface area contributed by atoms with E-state index < -0.39 is 5.91 Å². The maximum atomic E-state index is 10.4. The van der Waals surface area contributed by atoms with Gasteiger partial charge in [0.2, 0.25) is 5.91 Å². The molecule has 1 aromatic rings. The SMILES string of the molecule is NC(=O)/C=C\N(O)CCCCc1ccccc1. The summed E-state index contributed by atoms with van der Waals surface area (Å²) in [6, 6.07) is 10.2. The summed E-state index contributed by atoms with van der Waals surface area (Å²) in [7, 11) is 0. The van der Waals surface area contributed by atoms with Crippen LogP contribution >= 0.6 is 0 Å². The van der Waals surface area contributed by atoms with Crippen molar-refractivity contribution < 1.29 is 10.0 Å². The molecule has 0 aliphatic rings. The third-order valence-electron chi connectivity index (χ3n) is 2.36. The standard InChI is InChI=1S/C13H18N2O2/c14-13(16)9-11-15(17)10-5-4-8-12-6-2-1-3-7-12/h1-3,6-7,9,11,17H,4-5,8,10H2,(H2,14,16)/b11-9-. The van der Waals surface area contributed by atoms with Gasteiger partial charge in [-0.15, -0.1) is 0 Å². The molecule has 0 bridgehead atoms. The summed E-state index contributed by atoms with van der Waals surface area (Å²) in [5.74, 6) is -0.562. The largest absolute Gasteiger partial charge is 0.366 e. The van der Waals surface area contributed by atoms with Crippen molar-refractivity contribution in [2.24, 2.45) is 5.73 Å². The quantitative estimate of drug-likeness (QED) is 0.428. The van der Waals surface area contributed by atoms with Gasteiger partial charge in [0, 0.05) is 18.8 Å². The van der Waals surface area contributed by atoms with Crippen LogP contribution in [-0.2, 0) is 11.2 Å². The minimum atomic E-state index is -0.562. The molecule has 0 unspecified atom stereocenters. The molecule has 1 aromatic carbocycles. The number of hydrogen-bond acceptors (Lipinski definition) is 3. The molecule has 17 heavy (non-hydrogen) atoms. The van der Waals surface area contributed by atoms with Gasteiger partial charge in [-0.05, 0) is 24.8 Å². The van der Waals surface area contributed by atoms with Crippen molar-refractivity contribution in [2.45, 2.75) is 19.3 Å². The third kappa shape index (κ3) is 6.37. The van der Waals surface area contributed by atoms with Crippen LogP contribution in [0, 0.1) is 0 Å². The van der Waals surface area contributed by atoms with Crippen molar-refractivity contribution in [3.05, 3.63) is 48.2 Å². The van der Waals surface area contributed by atoms with E-state index in [4.69, 9.17) is 5.73 Å². The van der Waals surface area contributed by atoms with Gasteiger partial charge in [0.05, 0.1) is 0 Å². The molecular formula is C13H18N2O2. The lowest BCUT2D eigenvalue weighted by Crippen LogP contribution is -2.15. The van der Waals surface area contributed by atoms with Gasteiger partial charge in [-0.25, -0.2) is 0 Å². The minimum absolute atomic E-state index is 0.497. The zero-order valence-electron chi connectivity index (χ0n) is 9.75. The molecular weight excluding hydrogens is 216 g/mol. The number of benzene rings is 1. The van der Waals surface area contributed by atoms with Gasteiger partial charge in [0.15, 0.2) is 0 Å². The molecule has 4 nitrogen and oxygen atoms in total. The normalized spacial score (nSPS) is 10.6. The fourth-order valence-corrected chi connectivity index (χ4v) is 1.48. The Labute approximate surface area is 101 Å². The topological polar surface area (TPSA) is 66.6 Å². The van der Waals surface area contributed by atoms with E-state index in [-0.39, 0.29) is 0 Å². The van der Waals surface area contributed by atoms with Crippen LogP contribution < -0.4 is 5.73 Å². The highest BCUT2D eigenvalue weighted by atomic mass is 16.5. The Kier molecular flexibility index (Phi) is 5.82. The van der Waals surface area contributed by atoms with E-state index in [1.165, 1.54) is 11.8 Å². The average Bonchev–Trinajstić information content (AvgIpc) is 2.33. The molecule has 0 aromatic heterocycles. The Morgan fingerprint density at radius 3 is 2.65 bits per heavy atom. The van der Waals surface area contributed by atoms with Crippen molar-refractivity contribution in [3.63, 3.8) is 0 Å². The van der Waals surface area contributed by atoms with Crippen LogP contribution in [0.1, 0.15) is 18.4 Å².